The predicted molar refractivity (Wildman–Crippen MR) is 110 cm³/mol. The summed E-state index contributed by atoms with van der Waals surface area (Å²) in [6.07, 6.45) is 3.66. The van der Waals surface area contributed by atoms with Gasteiger partial charge in [0, 0.05) is 24.0 Å². The molecule has 0 unspecified atom stereocenters. The fraction of sp³-hybridized carbons (Fsp3) is 0.143. The van der Waals surface area contributed by atoms with Gasteiger partial charge in [-0.15, -0.1) is 0 Å². The molecule has 0 saturated heterocycles. The van der Waals surface area contributed by atoms with E-state index in [2.05, 4.69) is 10.9 Å². The summed E-state index contributed by atoms with van der Waals surface area (Å²) >= 11 is 6.34. The normalized spacial score (nSPS) is 10.3. The number of ether oxygens (including phenoxy) is 2. The van der Waals surface area contributed by atoms with Crippen molar-refractivity contribution in [3.8, 4) is 17.2 Å². The smallest absolute Gasteiger partial charge is 0.273 e. The van der Waals surface area contributed by atoms with Crippen molar-refractivity contribution in [2.24, 2.45) is 0 Å². The quantitative estimate of drug-likeness (QED) is 0.605. The molecule has 150 valence electrons. The standard InChI is InChI=1S/C21H20ClN3O4/c1-3-29-15-8-6-14(7-9-15)20(26)23-24-21(27)16-12-17(22)18(13-19(16)28-2)25-10-4-5-11-25/h4-13H,3H2,1-2H3,(H,23,26)(H,24,27). The van der Waals surface area contributed by atoms with Gasteiger partial charge in [-0.2, -0.15) is 0 Å². The number of nitrogens with zero attached hydrogens (tertiary/aromatic N) is 1. The molecular formula is C21H20ClN3O4. The van der Waals surface area contributed by atoms with E-state index in [4.69, 9.17) is 21.1 Å². The molecule has 0 spiro atoms. The van der Waals surface area contributed by atoms with Crippen LogP contribution in [0.3, 0.4) is 0 Å². The molecule has 0 fully saturated rings. The van der Waals surface area contributed by atoms with Gasteiger partial charge in [0.1, 0.15) is 11.5 Å². The molecule has 2 amide bonds. The first-order chi connectivity index (χ1) is 14.0. The van der Waals surface area contributed by atoms with Crippen LogP contribution in [0.5, 0.6) is 11.5 Å². The second-order valence-electron chi connectivity index (χ2n) is 5.96. The lowest BCUT2D eigenvalue weighted by Crippen LogP contribution is -2.41. The van der Waals surface area contributed by atoms with E-state index < -0.39 is 11.8 Å². The van der Waals surface area contributed by atoms with Gasteiger partial charge in [-0.3, -0.25) is 20.4 Å². The van der Waals surface area contributed by atoms with Crippen LogP contribution in [-0.2, 0) is 0 Å². The summed E-state index contributed by atoms with van der Waals surface area (Å²) in [4.78, 5) is 24.8. The molecule has 2 aromatic carbocycles. The molecule has 3 rings (SSSR count). The van der Waals surface area contributed by atoms with Crippen molar-refractivity contribution in [2.75, 3.05) is 13.7 Å². The highest BCUT2D eigenvalue weighted by molar-refractivity contribution is 6.33. The van der Waals surface area contributed by atoms with Gasteiger partial charge in [0.05, 0.1) is 30.0 Å². The van der Waals surface area contributed by atoms with Gasteiger partial charge in [-0.1, -0.05) is 11.6 Å². The van der Waals surface area contributed by atoms with Crippen molar-refractivity contribution in [3.63, 3.8) is 0 Å². The van der Waals surface area contributed by atoms with Gasteiger partial charge in [0.15, 0.2) is 0 Å². The number of aromatic nitrogens is 1. The Kier molecular flexibility index (Phi) is 6.41. The van der Waals surface area contributed by atoms with Gasteiger partial charge < -0.3 is 14.0 Å². The second kappa shape index (κ2) is 9.16. The third-order valence-electron chi connectivity index (χ3n) is 4.11. The van der Waals surface area contributed by atoms with Crippen molar-refractivity contribution in [1.29, 1.82) is 0 Å². The van der Waals surface area contributed by atoms with E-state index in [9.17, 15) is 9.59 Å². The van der Waals surface area contributed by atoms with Crippen LogP contribution in [-0.4, -0.2) is 30.1 Å². The molecule has 1 aromatic heterocycles. The van der Waals surface area contributed by atoms with Crippen LogP contribution in [0, 0.1) is 0 Å². The van der Waals surface area contributed by atoms with E-state index in [1.807, 2.05) is 31.5 Å². The number of halogens is 1. The Balaban J connectivity index is 1.71. The predicted octanol–water partition coefficient (Wildman–Crippen LogP) is 3.61. The van der Waals surface area contributed by atoms with E-state index in [1.165, 1.54) is 13.2 Å². The van der Waals surface area contributed by atoms with Gasteiger partial charge in [-0.05, 0) is 49.4 Å². The van der Waals surface area contributed by atoms with E-state index >= 15 is 0 Å². The van der Waals surface area contributed by atoms with Crippen LogP contribution >= 0.6 is 11.6 Å². The first-order valence-electron chi connectivity index (χ1n) is 8.88. The lowest BCUT2D eigenvalue weighted by atomic mass is 10.1. The van der Waals surface area contributed by atoms with Crippen LogP contribution in [0.4, 0.5) is 0 Å². The number of carbonyl (C=O) groups is 2. The monoisotopic (exact) mass is 413 g/mol. The first kappa shape index (κ1) is 20.3. The summed E-state index contributed by atoms with van der Waals surface area (Å²) < 4.78 is 12.5. The molecule has 0 aliphatic carbocycles. The summed E-state index contributed by atoms with van der Waals surface area (Å²) in [6.45, 7) is 2.41. The number of amides is 2. The number of hydrazine groups is 1. The van der Waals surface area contributed by atoms with Gasteiger partial charge in [0.25, 0.3) is 11.8 Å². The molecule has 7 nitrogen and oxygen atoms in total. The lowest BCUT2D eigenvalue weighted by Gasteiger charge is -2.14. The van der Waals surface area contributed by atoms with Gasteiger partial charge in [0.2, 0.25) is 0 Å². The number of hydrogen-bond acceptors (Lipinski definition) is 4. The van der Waals surface area contributed by atoms with E-state index in [0.717, 1.165) is 0 Å². The number of methoxy groups -OCH3 is 1. The third kappa shape index (κ3) is 4.70. The Hall–Kier alpha value is -3.45. The van der Waals surface area contributed by atoms with E-state index in [-0.39, 0.29) is 5.56 Å². The van der Waals surface area contributed by atoms with Crippen LogP contribution in [0.1, 0.15) is 27.6 Å². The summed E-state index contributed by atoms with van der Waals surface area (Å²) in [5, 5.41) is 0.366. The SMILES string of the molecule is CCOc1ccc(C(=O)NNC(=O)c2cc(Cl)c(-n3cccc3)cc2OC)cc1. The first-order valence-corrected chi connectivity index (χ1v) is 9.25. The maximum atomic E-state index is 12.6. The van der Waals surface area contributed by atoms with Crippen LogP contribution in [0.15, 0.2) is 60.9 Å². The maximum Gasteiger partial charge on any atom is 0.273 e. The van der Waals surface area contributed by atoms with E-state index in [0.29, 0.717) is 34.4 Å². The number of rotatable bonds is 6. The zero-order valence-electron chi connectivity index (χ0n) is 15.9. The molecule has 0 aliphatic heterocycles. The van der Waals surface area contributed by atoms with Crippen molar-refractivity contribution >= 4 is 23.4 Å². The molecule has 0 radical (unpaired) electrons. The minimum Gasteiger partial charge on any atom is -0.496 e. The van der Waals surface area contributed by atoms with Gasteiger partial charge in [-0.25, -0.2) is 0 Å². The maximum absolute atomic E-state index is 12.6. The van der Waals surface area contributed by atoms with Crippen molar-refractivity contribution < 1.29 is 19.1 Å². The number of benzene rings is 2. The molecule has 2 N–H and O–H groups in total. The Morgan fingerprint density at radius 3 is 2.31 bits per heavy atom. The van der Waals surface area contributed by atoms with Crippen LogP contribution in [0.25, 0.3) is 5.69 Å². The average molecular weight is 414 g/mol. The third-order valence-corrected chi connectivity index (χ3v) is 4.42. The Morgan fingerprint density at radius 2 is 1.69 bits per heavy atom. The fourth-order valence-electron chi connectivity index (χ4n) is 2.70. The molecular weight excluding hydrogens is 394 g/mol. The largest absolute Gasteiger partial charge is 0.496 e. The molecule has 3 aromatic rings. The van der Waals surface area contributed by atoms with E-state index in [1.54, 1.807) is 34.9 Å². The molecule has 0 aliphatic rings. The van der Waals surface area contributed by atoms with Crippen LogP contribution in [0.2, 0.25) is 5.02 Å². The molecule has 29 heavy (non-hydrogen) atoms. The zero-order valence-corrected chi connectivity index (χ0v) is 16.7. The minimum atomic E-state index is -0.554. The minimum absolute atomic E-state index is 0.195. The Morgan fingerprint density at radius 1 is 1.03 bits per heavy atom. The van der Waals surface area contributed by atoms with Gasteiger partial charge >= 0.3 is 0 Å². The summed E-state index contributed by atoms with van der Waals surface area (Å²) in [6, 6.07) is 13.5. The van der Waals surface area contributed by atoms with Crippen molar-refractivity contribution in [2.45, 2.75) is 6.92 Å². The highest BCUT2D eigenvalue weighted by Gasteiger charge is 2.17. The van der Waals surface area contributed by atoms with Crippen molar-refractivity contribution in [3.05, 3.63) is 77.1 Å². The summed E-state index contributed by atoms with van der Waals surface area (Å²) in [7, 11) is 1.46. The highest BCUT2D eigenvalue weighted by atomic mass is 35.5. The van der Waals surface area contributed by atoms with Crippen molar-refractivity contribution in [1.82, 2.24) is 15.4 Å². The topological polar surface area (TPSA) is 81.6 Å². The molecule has 8 heteroatoms. The Labute approximate surface area is 173 Å². The summed E-state index contributed by atoms with van der Waals surface area (Å²) in [5.74, 6) is -0.0290. The lowest BCUT2D eigenvalue weighted by molar-refractivity contribution is 0.0845. The number of carbonyl (C=O) groups excluding carboxylic acids is 2. The highest BCUT2D eigenvalue weighted by Crippen LogP contribution is 2.29. The summed E-state index contributed by atoms with van der Waals surface area (Å²) in [5.41, 5.74) is 6.00. The second-order valence-corrected chi connectivity index (χ2v) is 6.37. The molecule has 0 bridgehead atoms. The number of nitrogens with one attached hydrogen (secondary N) is 2. The molecule has 0 atom stereocenters. The Bertz CT molecular complexity index is 1000. The molecule has 0 saturated carbocycles. The fourth-order valence-corrected chi connectivity index (χ4v) is 2.97. The van der Waals surface area contributed by atoms with Crippen LogP contribution < -0.4 is 20.3 Å². The number of hydrogen-bond donors (Lipinski definition) is 2. The zero-order chi connectivity index (χ0) is 20.8. The molecule has 1 heterocycles. The average Bonchev–Trinajstić information content (AvgIpc) is 3.27.